The second kappa shape index (κ2) is 17.0. The Bertz CT molecular complexity index is 1670. The maximum absolute atomic E-state index is 12.9. The maximum atomic E-state index is 12.9. The number of hydrogen-bond donors (Lipinski definition) is 5. The Kier molecular flexibility index (Phi) is 12.6. The normalized spacial score (nSPS) is 17.7. The molecule has 0 radical (unpaired) electrons. The molecule has 0 bridgehead atoms. The summed E-state index contributed by atoms with van der Waals surface area (Å²) in [5.41, 5.74) is 2.48. The van der Waals surface area contributed by atoms with Crippen LogP contribution in [-0.2, 0) is 0 Å². The fourth-order valence-corrected chi connectivity index (χ4v) is 6.34. The monoisotopic (exact) mass is 675 g/mol. The number of likely N-dealkylation sites (tertiary alicyclic amines) is 2. The number of nitrogens with one attached hydrogen (secondary N) is 3. The first kappa shape index (κ1) is 36.2. The zero-order valence-corrected chi connectivity index (χ0v) is 29.3. The number of carbonyl (C=O) groups excluding carboxylic acids is 1. The highest BCUT2D eigenvalue weighted by atomic mass is 16.5. The topological polar surface area (TPSA) is 143 Å². The molecule has 11 nitrogen and oxygen atoms in total. The number of aliphatic hydroxyl groups excluding tert-OH is 1. The lowest BCUT2D eigenvalue weighted by atomic mass is 10.0. The molecule has 5 N–H and O–H groups in total. The second-order valence-electron chi connectivity index (χ2n) is 14.2. The number of aromatic carboxylic acids is 1. The number of rotatable bonds is 12. The molecule has 2 fully saturated rings. The van der Waals surface area contributed by atoms with Gasteiger partial charge >= 0.3 is 5.97 Å². The summed E-state index contributed by atoms with van der Waals surface area (Å²) in [6.07, 6.45) is 3.81. The number of benzene rings is 2. The van der Waals surface area contributed by atoms with Crippen molar-refractivity contribution in [2.24, 2.45) is 11.8 Å². The molecule has 6 rings (SSSR count). The average Bonchev–Trinajstić information content (AvgIpc) is 3.72. The first-order chi connectivity index (χ1) is 23.5. The van der Waals surface area contributed by atoms with E-state index in [4.69, 9.17) is 14.6 Å². The maximum Gasteiger partial charge on any atom is 0.352 e. The minimum atomic E-state index is -0.962. The van der Waals surface area contributed by atoms with E-state index in [1.165, 1.54) is 0 Å². The van der Waals surface area contributed by atoms with E-state index in [1.807, 2.05) is 42.5 Å². The molecule has 11 heteroatoms. The SMILES string of the molecule is CC(C)COc1cccc2[nH]c(C(=O)NC3CCN(CCN4CCC[C@H](O)C4)CC3)cc12.CC(C)COc1cccc2[nH]c(C(=O)O)cc12. The molecular weight excluding hydrogens is 622 g/mol. The predicted octanol–water partition coefficient (Wildman–Crippen LogP) is 5.75. The van der Waals surface area contributed by atoms with Gasteiger partial charge in [0.25, 0.3) is 5.91 Å². The largest absolute Gasteiger partial charge is 0.493 e. The number of amides is 1. The lowest BCUT2D eigenvalue weighted by Crippen LogP contribution is -2.47. The van der Waals surface area contributed by atoms with Crippen LogP contribution in [0.15, 0.2) is 48.5 Å². The van der Waals surface area contributed by atoms with Crippen molar-refractivity contribution in [2.75, 3.05) is 52.5 Å². The molecule has 1 amide bonds. The van der Waals surface area contributed by atoms with Crippen LogP contribution in [0.25, 0.3) is 21.8 Å². The molecule has 2 saturated heterocycles. The van der Waals surface area contributed by atoms with E-state index >= 15 is 0 Å². The van der Waals surface area contributed by atoms with E-state index in [1.54, 1.807) is 6.07 Å². The van der Waals surface area contributed by atoms with Crippen LogP contribution in [0.3, 0.4) is 0 Å². The van der Waals surface area contributed by atoms with Gasteiger partial charge in [0.1, 0.15) is 22.9 Å². The van der Waals surface area contributed by atoms with Crippen molar-refractivity contribution in [3.63, 3.8) is 0 Å². The second-order valence-corrected chi connectivity index (χ2v) is 14.2. The molecule has 2 aliphatic rings. The first-order valence-electron chi connectivity index (χ1n) is 17.7. The number of aromatic amines is 2. The number of hydrogen-bond acceptors (Lipinski definition) is 7. The van der Waals surface area contributed by atoms with Crippen molar-refractivity contribution in [1.29, 1.82) is 0 Å². The van der Waals surface area contributed by atoms with Crippen LogP contribution in [0.5, 0.6) is 11.5 Å². The standard InChI is InChI=1S/C25H38N4O3.C13H15NO3/c1-18(2)17-32-24-7-3-6-22-21(24)15-23(27-22)25(31)26-19-8-11-28(12-9-19)13-14-29-10-4-5-20(30)16-29;1-8(2)7-17-12-5-3-4-10-9(12)6-11(14-10)13(15)16/h3,6-7,15,18-20,27,30H,4-5,8-14,16-17H2,1-2H3,(H,26,31);3-6,8,14H,7H2,1-2H3,(H,15,16)/t20-;/m0./s1. The number of β-amino-alcohol motifs (C(OH)–C–C–N with tert-alkyl or cyclic N) is 1. The Labute approximate surface area is 289 Å². The van der Waals surface area contributed by atoms with Gasteiger partial charge in [0.15, 0.2) is 0 Å². The fourth-order valence-electron chi connectivity index (χ4n) is 6.34. The quantitative estimate of drug-likeness (QED) is 0.128. The molecule has 1 atom stereocenters. The van der Waals surface area contributed by atoms with Gasteiger partial charge in [-0.2, -0.15) is 0 Å². The molecule has 2 aliphatic heterocycles. The van der Waals surface area contributed by atoms with Gasteiger partial charge in [0, 0.05) is 60.6 Å². The number of carboxylic acid groups (broad SMARTS) is 1. The van der Waals surface area contributed by atoms with Gasteiger partial charge in [-0.3, -0.25) is 9.69 Å². The lowest BCUT2D eigenvalue weighted by Gasteiger charge is -2.35. The van der Waals surface area contributed by atoms with Gasteiger partial charge in [0.05, 0.1) is 19.3 Å². The Balaban J connectivity index is 0.000000232. The molecule has 4 heterocycles. The van der Waals surface area contributed by atoms with Crippen LogP contribution in [-0.4, -0.2) is 106 Å². The van der Waals surface area contributed by atoms with Gasteiger partial charge in [-0.15, -0.1) is 0 Å². The summed E-state index contributed by atoms with van der Waals surface area (Å²) in [6, 6.07) is 15.1. The summed E-state index contributed by atoms with van der Waals surface area (Å²) in [5, 5.41) is 23.7. The highest BCUT2D eigenvalue weighted by Gasteiger charge is 2.24. The van der Waals surface area contributed by atoms with E-state index in [0.29, 0.717) is 30.7 Å². The summed E-state index contributed by atoms with van der Waals surface area (Å²) in [5.74, 6) is 1.42. The smallest absolute Gasteiger partial charge is 0.352 e. The zero-order valence-electron chi connectivity index (χ0n) is 29.3. The molecule has 2 aromatic heterocycles. The van der Waals surface area contributed by atoms with Crippen molar-refractivity contribution in [3.8, 4) is 11.5 Å². The first-order valence-corrected chi connectivity index (χ1v) is 17.7. The van der Waals surface area contributed by atoms with Crippen molar-refractivity contribution in [2.45, 2.75) is 65.5 Å². The van der Waals surface area contributed by atoms with Gasteiger partial charge in [-0.1, -0.05) is 39.8 Å². The molecule has 2 aromatic carbocycles. The number of piperidine rings is 2. The molecule has 266 valence electrons. The molecule has 49 heavy (non-hydrogen) atoms. The van der Waals surface area contributed by atoms with Gasteiger partial charge in [-0.25, -0.2) is 4.79 Å². The van der Waals surface area contributed by atoms with E-state index in [0.717, 1.165) is 98.3 Å². The number of H-pyrrole nitrogens is 2. The van der Waals surface area contributed by atoms with E-state index in [9.17, 15) is 14.7 Å². The molecule has 0 spiro atoms. The van der Waals surface area contributed by atoms with Crippen LogP contribution in [0.4, 0.5) is 0 Å². The van der Waals surface area contributed by atoms with Crippen LogP contribution in [0.2, 0.25) is 0 Å². The molecule has 4 aromatic rings. The summed E-state index contributed by atoms with van der Waals surface area (Å²) in [4.78, 5) is 34.7. The number of ether oxygens (including phenoxy) is 2. The van der Waals surface area contributed by atoms with E-state index in [-0.39, 0.29) is 23.7 Å². The number of aliphatic hydroxyl groups is 1. The summed E-state index contributed by atoms with van der Waals surface area (Å²) in [7, 11) is 0. The fraction of sp³-hybridized carbons (Fsp3) is 0.526. The van der Waals surface area contributed by atoms with E-state index in [2.05, 4.69) is 52.8 Å². The van der Waals surface area contributed by atoms with Crippen LogP contribution < -0.4 is 14.8 Å². The van der Waals surface area contributed by atoms with Crippen LogP contribution >= 0.6 is 0 Å². The average molecular weight is 676 g/mol. The third kappa shape index (κ3) is 10.2. The Morgan fingerprint density at radius 3 is 1.92 bits per heavy atom. The minimum absolute atomic E-state index is 0.0447. The predicted molar refractivity (Wildman–Crippen MR) is 193 cm³/mol. The number of carboxylic acids is 1. The lowest BCUT2D eigenvalue weighted by molar-refractivity contribution is 0.0617. The molecular formula is C38H53N5O6. The molecule has 0 saturated carbocycles. The summed E-state index contributed by atoms with van der Waals surface area (Å²) in [6.45, 7) is 15.6. The number of nitrogens with zero attached hydrogens (tertiary/aromatic N) is 2. The highest BCUT2D eigenvalue weighted by molar-refractivity contribution is 6.00. The van der Waals surface area contributed by atoms with Gasteiger partial charge in [-0.05, 0) is 80.5 Å². The Hall–Kier alpha value is -4.06. The number of fused-ring (bicyclic) bond motifs is 2. The molecule has 0 unspecified atom stereocenters. The highest BCUT2D eigenvalue weighted by Crippen LogP contribution is 2.28. The third-order valence-electron chi connectivity index (χ3n) is 9.00. The van der Waals surface area contributed by atoms with Crippen LogP contribution in [0.1, 0.15) is 74.4 Å². The van der Waals surface area contributed by atoms with Gasteiger partial charge < -0.3 is 39.9 Å². The summed E-state index contributed by atoms with van der Waals surface area (Å²) >= 11 is 0. The number of carbonyl (C=O) groups is 2. The molecule has 0 aliphatic carbocycles. The third-order valence-corrected chi connectivity index (χ3v) is 9.00. The Morgan fingerprint density at radius 1 is 0.816 bits per heavy atom. The van der Waals surface area contributed by atoms with Crippen LogP contribution in [0, 0.1) is 11.8 Å². The zero-order chi connectivity index (χ0) is 34.9. The van der Waals surface area contributed by atoms with Crippen molar-refractivity contribution < 1.29 is 29.3 Å². The Morgan fingerprint density at radius 2 is 1.37 bits per heavy atom. The van der Waals surface area contributed by atoms with Crippen molar-refractivity contribution in [3.05, 3.63) is 59.9 Å². The van der Waals surface area contributed by atoms with Crippen molar-refractivity contribution >= 4 is 33.7 Å². The summed E-state index contributed by atoms with van der Waals surface area (Å²) < 4.78 is 11.6. The van der Waals surface area contributed by atoms with Gasteiger partial charge in [0.2, 0.25) is 0 Å². The minimum Gasteiger partial charge on any atom is -0.493 e. The van der Waals surface area contributed by atoms with E-state index < -0.39 is 5.97 Å². The number of aromatic nitrogens is 2. The van der Waals surface area contributed by atoms with Crippen molar-refractivity contribution in [1.82, 2.24) is 25.1 Å².